The van der Waals surface area contributed by atoms with E-state index in [1.54, 1.807) is 7.11 Å². The third kappa shape index (κ3) is 5.33. The monoisotopic (exact) mass is 420 g/mol. The normalized spacial score (nSPS) is 17.7. The first-order chi connectivity index (χ1) is 13.9. The molecule has 1 N–H and O–H groups in total. The van der Waals surface area contributed by atoms with Crippen molar-refractivity contribution in [3.8, 4) is 5.75 Å². The Morgan fingerprint density at radius 3 is 2.69 bits per heavy atom. The quantitative estimate of drug-likeness (QED) is 0.747. The summed E-state index contributed by atoms with van der Waals surface area (Å²) in [7, 11) is -2.20. The van der Waals surface area contributed by atoms with E-state index in [2.05, 4.69) is 5.32 Å². The molecular weight excluding hydrogens is 395 g/mol. The molecule has 6 nitrogen and oxygen atoms in total. The van der Waals surface area contributed by atoms with Crippen molar-refractivity contribution < 1.29 is 22.3 Å². The minimum atomic E-state index is -3.78. The van der Waals surface area contributed by atoms with Crippen LogP contribution in [0.15, 0.2) is 53.4 Å². The lowest BCUT2D eigenvalue weighted by atomic mass is 10.0. The van der Waals surface area contributed by atoms with Crippen LogP contribution in [0.2, 0.25) is 0 Å². The van der Waals surface area contributed by atoms with Gasteiger partial charge in [0.1, 0.15) is 11.6 Å². The fourth-order valence-corrected chi connectivity index (χ4v) is 5.20. The number of halogens is 1. The van der Waals surface area contributed by atoms with Crippen molar-refractivity contribution in [3.63, 3.8) is 0 Å². The van der Waals surface area contributed by atoms with Crippen LogP contribution in [0.1, 0.15) is 31.2 Å². The van der Waals surface area contributed by atoms with Gasteiger partial charge in [0.25, 0.3) is 0 Å². The van der Waals surface area contributed by atoms with Crippen LogP contribution in [0.4, 0.5) is 4.39 Å². The smallest absolute Gasteiger partial charge is 0.243 e. The molecule has 0 aromatic heterocycles. The molecule has 0 spiro atoms. The molecule has 29 heavy (non-hydrogen) atoms. The Morgan fingerprint density at radius 1 is 1.21 bits per heavy atom. The van der Waals surface area contributed by atoms with E-state index < -0.39 is 21.9 Å². The van der Waals surface area contributed by atoms with Crippen LogP contribution >= 0.6 is 0 Å². The van der Waals surface area contributed by atoms with Crippen molar-refractivity contribution in [1.29, 1.82) is 0 Å². The predicted octanol–water partition coefficient (Wildman–Crippen LogP) is 3.08. The fourth-order valence-electron chi connectivity index (χ4n) is 3.51. The van der Waals surface area contributed by atoms with Crippen molar-refractivity contribution in [3.05, 3.63) is 59.9 Å². The minimum Gasteiger partial charge on any atom is -0.497 e. The molecule has 1 atom stereocenters. The molecular formula is C21H25FN2O4S. The maximum Gasteiger partial charge on any atom is 0.243 e. The highest BCUT2D eigenvalue weighted by Crippen LogP contribution is 2.27. The average molecular weight is 421 g/mol. The second-order valence-corrected chi connectivity index (χ2v) is 8.94. The van der Waals surface area contributed by atoms with Crippen molar-refractivity contribution >= 4 is 15.9 Å². The van der Waals surface area contributed by atoms with Gasteiger partial charge in [0.2, 0.25) is 15.9 Å². The lowest BCUT2D eigenvalue weighted by Crippen LogP contribution is -2.45. The number of nitrogens with one attached hydrogen (secondary N) is 1. The van der Waals surface area contributed by atoms with Gasteiger partial charge in [-0.1, -0.05) is 18.6 Å². The minimum absolute atomic E-state index is 0.0441. The summed E-state index contributed by atoms with van der Waals surface area (Å²) in [4.78, 5) is 12.5. The van der Waals surface area contributed by atoms with Crippen LogP contribution in [0.25, 0.3) is 0 Å². The van der Waals surface area contributed by atoms with E-state index in [1.165, 1.54) is 16.4 Å². The Kier molecular flexibility index (Phi) is 6.87. The zero-order valence-electron chi connectivity index (χ0n) is 16.3. The van der Waals surface area contributed by atoms with Gasteiger partial charge in [-0.2, -0.15) is 4.31 Å². The maximum atomic E-state index is 13.2. The molecule has 0 aliphatic carbocycles. The number of hydrogen-bond acceptors (Lipinski definition) is 4. The second kappa shape index (κ2) is 9.37. The van der Waals surface area contributed by atoms with Crippen LogP contribution in [-0.2, 0) is 21.4 Å². The summed E-state index contributed by atoms with van der Waals surface area (Å²) in [6.07, 6.45) is 2.31. The Hall–Kier alpha value is -2.45. The molecule has 0 unspecified atom stereocenters. The van der Waals surface area contributed by atoms with E-state index in [9.17, 15) is 17.6 Å². The van der Waals surface area contributed by atoms with Gasteiger partial charge in [0.15, 0.2) is 0 Å². The van der Waals surface area contributed by atoms with Gasteiger partial charge in [0.05, 0.1) is 12.0 Å². The molecule has 0 radical (unpaired) electrons. The first kappa shape index (κ1) is 21.3. The van der Waals surface area contributed by atoms with Crippen molar-refractivity contribution in [2.75, 3.05) is 13.7 Å². The molecule has 1 heterocycles. The van der Waals surface area contributed by atoms with Crippen LogP contribution in [-0.4, -0.2) is 38.3 Å². The predicted molar refractivity (Wildman–Crippen MR) is 107 cm³/mol. The molecule has 0 bridgehead atoms. The Bertz CT molecular complexity index is 947. The van der Waals surface area contributed by atoms with Crippen molar-refractivity contribution in [2.24, 2.45) is 0 Å². The van der Waals surface area contributed by atoms with E-state index in [-0.39, 0.29) is 17.2 Å². The van der Waals surface area contributed by atoms with Gasteiger partial charge in [0, 0.05) is 25.6 Å². The van der Waals surface area contributed by atoms with Crippen molar-refractivity contribution in [1.82, 2.24) is 9.62 Å². The number of ether oxygens (including phenoxy) is 1. The SMILES string of the molecule is COc1cccc(CNC(=O)C[C@H]2CCCCN2S(=O)(=O)c2ccc(F)cc2)c1. The Morgan fingerprint density at radius 2 is 1.97 bits per heavy atom. The van der Waals surface area contributed by atoms with E-state index in [1.807, 2.05) is 24.3 Å². The molecule has 1 fully saturated rings. The van der Waals surface area contributed by atoms with Crippen molar-refractivity contribution in [2.45, 2.75) is 43.2 Å². The molecule has 156 valence electrons. The van der Waals surface area contributed by atoms with Gasteiger partial charge in [-0.25, -0.2) is 12.8 Å². The number of benzene rings is 2. The highest BCUT2D eigenvalue weighted by Gasteiger charge is 2.34. The van der Waals surface area contributed by atoms with Gasteiger partial charge in [-0.15, -0.1) is 0 Å². The van der Waals surface area contributed by atoms with Gasteiger partial charge < -0.3 is 10.1 Å². The summed E-state index contributed by atoms with van der Waals surface area (Å²) < 4.78 is 45.7. The van der Waals surface area contributed by atoms with Gasteiger partial charge in [-0.05, 0) is 54.8 Å². The zero-order chi connectivity index (χ0) is 20.9. The second-order valence-electron chi connectivity index (χ2n) is 7.05. The maximum absolute atomic E-state index is 13.2. The number of amides is 1. The zero-order valence-corrected chi connectivity index (χ0v) is 17.1. The summed E-state index contributed by atoms with van der Waals surface area (Å²) >= 11 is 0. The number of carbonyl (C=O) groups excluding carboxylic acids is 1. The van der Waals surface area contributed by atoms with Crippen LogP contribution < -0.4 is 10.1 Å². The average Bonchev–Trinajstić information content (AvgIpc) is 2.73. The van der Waals surface area contributed by atoms with Crippen LogP contribution in [0.5, 0.6) is 5.75 Å². The largest absolute Gasteiger partial charge is 0.497 e. The number of rotatable bonds is 7. The number of sulfonamides is 1. The third-order valence-corrected chi connectivity index (χ3v) is 7.00. The lowest BCUT2D eigenvalue weighted by molar-refractivity contribution is -0.122. The molecule has 2 aromatic rings. The first-order valence-corrected chi connectivity index (χ1v) is 11.0. The van der Waals surface area contributed by atoms with E-state index >= 15 is 0 Å². The molecule has 0 saturated carbocycles. The lowest BCUT2D eigenvalue weighted by Gasteiger charge is -2.34. The van der Waals surface area contributed by atoms with Gasteiger partial charge in [-0.3, -0.25) is 4.79 Å². The fraction of sp³-hybridized carbons (Fsp3) is 0.381. The number of nitrogens with zero attached hydrogens (tertiary/aromatic N) is 1. The molecule has 1 amide bonds. The summed E-state index contributed by atoms with van der Waals surface area (Å²) in [5, 5.41) is 2.85. The molecule has 1 saturated heterocycles. The summed E-state index contributed by atoms with van der Waals surface area (Å²) in [5.41, 5.74) is 0.900. The summed E-state index contributed by atoms with van der Waals surface area (Å²) in [6, 6.07) is 11.8. The molecule has 2 aromatic carbocycles. The van der Waals surface area contributed by atoms with E-state index in [0.29, 0.717) is 25.3 Å². The van der Waals surface area contributed by atoms with E-state index in [0.717, 1.165) is 30.5 Å². The molecule has 1 aliphatic rings. The van der Waals surface area contributed by atoms with Crippen LogP contribution in [0.3, 0.4) is 0 Å². The molecule has 3 rings (SSSR count). The Balaban J connectivity index is 1.66. The number of piperidine rings is 1. The van der Waals surface area contributed by atoms with E-state index in [4.69, 9.17) is 4.74 Å². The highest BCUT2D eigenvalue weighted by atomic mass is 32.2. The number of carbonyl (C=O) groups is 1. The summed E-state index contributed by atoms with van der Waals surface area (Å²) in [6.45, 7) is 0.695. The summed E-state index contributed by atoms with van der Waals surface area (Å²) in [5.74, 6) is 0.00989. The number of methoxy groups -OCH3 is 1. The third-order valence-electron chi connectivity index (χ3n) is 5.04. The van der Waals surface area contributed by atoms with Gasteiger partial charge >= 0.3 is 0 Å². The standard InChI is InChI=1S/C21H25FN2O4S/c1-28-19-7-4-5-16(13-19)15-23-21(25)14-18-6-2-3-12-24(18)29(26,27)20-10-8-17(22)9-11-20/h4-5,7-11,13,18H,2-3,6,12,14-15H2,1H3,(H,23,25)/t18-/m1/s1. The number of hydrogen-bond donors (Lipinski definition) is 1. The molecule has 8 heteroatoms. The molecule has 1 aliphatic heterocycles. The Labute approximate surface area is 170 Å². The van der Waals surface area contributed by atoms with Crippen LogP contribution in [0, 0.1) is 5.82 Å². The topological polar surface area (TPSA) is 75.7 Å². The highest BCUT2D eigenvalue weighted by molar-refractivity contribution is 7.89. The first-order valence-electron chi connectivity index (χ1n) is 9.57.